The van der Waals surface area contributed by atoms with Crippen molar-refractivity contribution >= 4 is 38.6 Å². The number of carbonyl (C=O) groups is 1. The van der Waals surface area contributed by atoms with Gasteiger partial charge < -0.3 is 15.0 Å². The Morgan fingerprint density at radius 2 is 1.80 bits per heavy atom. The summed E-state index contributed by atoms with van der Waals surface area (Å²) < 4.78 is 6.59. The first kappa shape index (κ1) is 20.6. The zero-order valence-corrected chi connectivity index (χ0v) is 18.2. The number of aromatic nitrogens is 2. The summed E-state index contributed by atoms with van der Waals surface area (Å²) in [5, 5.41) is 5.13. The van der Waals surface area contributed by atoms with Crippen molar-refractivity contribution in [1.82, 2.24) is 20.2 Å². The van der Waals surface area contributed by atoms with Gasteiger partial charge in [-0.1, -0.05) is 30.3 Å². The van der Waals surface area contributed by atoms with Crippen LogP contribution >= 0.6 is 15.9 Å². The number of benzene rings is 2. The van der Waals surface area contributed by atoms with Gasteiger partial charge >= 0.3 is 0 Å². The summed E-state index contributed by atoms with van der Waals surface area (Å²) in [6, 6.07) is 13.8. The van der Waals surface area contributed by atoms with Crippen molar-refractivity contribution in [3.05, 3.63) is 59.3 Å². The number of piperazine rings is 1. The van der Waals surface area contributed by atoms with Gasteiger partial charge in [-0.25, -0.2) is 9.97 Å². The van der Waals surface area contributed by atoms with E-state index in [0.717, 1.165) is 53.9 Å². The minimum Gasteiger partial charge on any atom is -0.483 e. The van der Waals surface area contributed by atoms with E-state index in [-0.39, 0.29) is 12.5 Å². The molecule has 0 unspecified atom stereocenters. The van der Waals surface area contributed by atoms with Gasteiger partial charge in [0.05, 0.1) is 4.47 Å². The Morgan fingerprint density at radius 1 is 1.03 bits per heavy atom. The van der Waals surface area contributed by atoms with Crippen LogP contribution in [0.1, 0.15) is 0 Å². The molecule has 156 valence electrons. The smallest absolute Gasteiger partial charge is 0.257 e. The van der Waals surface area contributed by atoms with Gasteiger partial charge in [0.2, 0.25) is 5.95 Å². The number of fused-ring (bicyclic) bond motifs is 1. The van der Waals surface area contributed by atoms with Gasteiger partial charge in [0.15, 0.2) is 6.61 Å². The normalized spacial score (nSPS) is 14.6. The highest BCUT2D eigenvalue weighted by atomic mass is 79.9. The molecule has 1 aromatic heterocycles. The van der Waals surface area contributed by atoms with E-state index in [1.807, 2.05) is 42.5 Å². The summed E-state index contributed by atoms with van der Waals surface area (Å²) in [7, 11) is 0. The number of nitrogens with one attached hydrogen (secondary N) is 1. The Kier molecular flexibility index (Phi) is 6.76. The number of halogens is 1. The summed E-state index contributed by atoms with van der Waals surface area (Å²) in [6.45, 7) is 5.03. The second-order valence-electron chi connectivity index (χ2n) is 7.11. The Labute approximate surface area is 184 Å². The molecule has 1 saturated heterocycles. The Bertz CT molecular complexity index is 993. The standard InChI is InChI=1S/C22H24BrN5O2/c23-21-18-5-2-1-4-17(18)6-7-19(21)30-16-20(29)24-10-11-27-12-14-28(15-13-27)22-25-8-3-9-26-22/h1-9H,10-16H2,(H,24,29). The molecule has 0 saturated carbocycles. The molecule has 0 spiro atoms. The first-order valence-electron chi connectivity index (χ1n) is 10.0. The SMILES string of the molecule is O=C(COc1ccc2ccccc2c1Br)NCCN1CCN(c2ncccn2)CC1. The zero-order valence-electron chi connectivity index (χ0n) is 16.6. The maximum absolute atomic E-state index is 12.2. The Hall–Kier alpha value is -2.71. The lowest BCUT2D eigenvalue weighted by Gasteiger charge is -2.34. The van der Waals surface area contributed by atoms with Crippen LogP contribution in [0, 0.1) is 0 Å². The van der Waals surface area contributed by atoms with E-state index in [0.29, 0.717) is 12.3 Å². The second kappa shape index (κ2) is 9.86. The predicted molar refractivity (Wildman–Crippen MR) is 121 cm³/mol. The van der Waals surface area contributed by atoms with E-state index in [2.05, 4.69) is 41.0 Å². The first-order chi connectivity index (χ1) is 14.7. The van der Waals surface area contributed by atoms with Crippen LogP contribution in [0.15, 0.2) is 59.3 Å². The minimum absolute atomic E-state index is 0.00390. The van der Waals surface area contributed by atoms with Crippen LogP contribution in [-0.4, -0.2) is 66.7 Å². The van der Waals surface area contributed by atoms with Crippen molar-refractivity contribution in [3.63, 3.8) is 0 Å². The molecule has 0 atom stereocenters. The molecule has 0 bridgehead atoms. The number of hydrogen-bond acceptors (Lipinski definition) is 6. The van der Waals surface area contributed by atoms with Crippen LogP contribution in [0.25, 0.3) is 10.8 Å². The molecule has 2 heterocycles. The van der Waals surface area contributed by atoms with E-state index in [4.69, 9.17) is 4.74 Å². The van der Waals surface area contributed by atoms with Gasteiger partial charge in [-0.05, 0) is 38.8 Å². The van der Waals surface area contributed by atoms with Crippen molar-refractivity contribution in [3.8, 4) is 5.75 Å². The zero-order chi connectivity index (χ0) is 20.8. The fourth-order valence-electron chi connectivity index (χ4n) is 3.50. The average Bonchev–Trinajstić information content (AvgIpc) is 2.80. The van der Waals surface area contributed by atoms with E-state index < -0.39 is 0 Å². The quantitative estimate of drug-likeness (QED) is 0.573. The van der Waals surface area contributed by atoms with Gasteiger partial charge in [0.1, 0.15) is 5.75 Å². The molecule has 1 fully saturated rings. The van der Waals surface area contributed by atoms with Crippen LogP contribution in [-0.2, 0) is 4.79 Å². The topological polar surface area (TPSA) is 70.6 Å². The largest absolute Gasteiger partial charge is 0.483 e. The molecule has 30 heavy (non-hydrogen) atoms. The fourth-order valence-corrected chi connectivity index (χ4v) is 4.11. The monoisotopic (exact) mass is 469 g/mol. The molecule has 1 amide bonds. The number of hydrogen-bond donors (Lipinski definition) is 1. The van der Waals surface area contributed by atoms with E-state index >= 15 is 0 Å². The summed E-state index contributed by atoms with van der Waals surface area (Å²) in [6.07, 6.45) is 3.53. The number of rotatable bonds is 7. The highest BCUT2D eigenvalue weighted by Gasteiger charge is 2.18. The summed E-state index contributed by atoms with van der Waals surface area (Å²) in [5.41, 5.74) is 0. The maximum Gasteiger partial charge on any atom is 0.257 e. The van der Waals surface area contributed by atoms with Crippen LogP contribution in [0.2, 0.25) is 0 Å². The van der Waals surface area contributed by atoms with E-state index in [1.165, 1.54) is 0 Å². The van der Waals surface area contributed by atoms with Crippen LogP contribution in [0.3, 0.4) is 0 Å². The average molecular weight is 470 g/mol. The molecule has 1 aliphatic heterocycles. The molecular weight excluding hydrogens is 446 g/mol. The Balaban J connectivity index is 1.18. The van der Waals surface area contributed by atoms with Crippen molar-refractivity contribution < 1.29 is 9.53 Å². The highest BCUT2D eigenvalue weighted by Crippen LogP contribution is 2.32. The lowest BCUT2D eigenvalue weighted by Crippen LogP contribution is -2.49. The molecule has 1 aliphatic rings. The molecular formula is C22H24BrN5O2. The van der Waals surface area contributed by atoms with Gasteiger partial charge in [-0.15, -0.1) is 0 Å². The number of anilines is 1. The van der Waals surface area contributed by atoms with E-state index in [1.54, 1.807) is 12.4 Å². The van der Waals surface area contributed by atoms with Gasteiger partial charge in [0, 0.05) is 51.7 Å². The fraction of sp³-hybridized carbons (Fsp3) is 0.318. The molecule has 4 rings (SSSR count). The summed E-state index contributed by atoms with van der Waals surface area (Å²) in [5.74, 6) is 1.33. The van der Waals surface area contributed by atoms with Gasteiger partial charge in [-0.2, -0.15) is 0 Å². The van der Waals surface area contributed by atoms with Crippen molar-refractivity contribution in [2.75, 3.05) is 50.8 Å². The molecule has 1 N–H and O–H groups in total. The minimum atomic E-state index is -0.119. The highest BCUT2D eigenvalue weighted by molar-refractivity contribution is 9.10. The van der Waals surface area contributed by atoms with Gasteiger partial charge in [-0.3, -0.25) is 9.69 Å². The third-order valence-corrected chi connectivity index (χ3v) is 5.96. The summed E-state index contributed by atoms with van der Waals surface area (Å²) >= 11 is 3.58. The maximum atomic E-state index is 12.2. The second-order valence-corrected chi connectivity index (χ2v) is 7.91. The van der Waals surface area contributed by atoms with Gasteiger partial charge in [0.25, 0.3) is 5.91 Å². The van der Waals surface area contributed by atoms with Crippen LogP contribution < -0.4 is 15.0 Å². The molecule has 8 heteroatoms. The number of nitrogens with zero attached hydrogens (tertiary/aromatic N) is 4. The summed E-state index contributed by atoms with van der Waals surface area (Å²) in [4.78, 5) is 25.3. The Morgan fingerprint density at radius 3 is 2.60 bits per heavy atom. The molecule has 7 nitrogen and oxygen atoms in total. The third-order valence-electron chi connectivity index (χ3n) is 5.14. The van der Waals surface area contributed by atoms with Crippen LogP contribution in [0.5, 0.6) is 5.75 Å². The number of amides is 1. The third kappa shape index (κ3) is 5.06. The molecule has 0 aliphatic carbocycles. The van der Waals surface area contributed by atoms with Crippen molar-refractivity contribution in [2.45, 2.75) is 0 Å². The van der Waals surface area contributed by atoms with E-state index in [9.17, 15) is 4.79 Å². The lowest BCUT2D eigenvalue weighted by molar-refractivity contribution is -0.123. The predicted octanol–water partition coefficient (Wildman–Crippen LogP) is 2.71. The number of ether oxygens (including phenoxy) is 1. The van der Waals surface area contributed by atoms with Crippen molar-refractivity contribution in [2.24, 2.45) is 0 Å². The molecule has 3 aromatic rings. The molecule has 0 radical (unpaired) electrons. The molecule has 2 aromatic carbocycles. The van der Waals surface area contributed by atoms with Crippen molar-refractivity contribution in [1.29, 1.82) is 0 Å². The van der Waals surface area contributed by atoms with Crippen LogP contribution in [0.4, 0.5) is 5.95 Å². The lowest BCUT2D eigenvalue weighted by atomic mass is 10.1. The first-order valence-corrected chi connectivity index (χ1v) is 10.8. The number of carbonyl (C=O) groups excluding carboxylic acids is 1.